The van der Waals surface area contributed by atoms with Crippen molar-refractivity contribution < 1.29 is 9.85 Å². The van der Waals surface area contributed by atoms with E-state index in [0.29, 0.717) is 0 Å². The van der Waals surface area contributed by atoms with Crippen LogP contribution in [0.3, 0.4) is 0 Å². The van der Waals surface area contributed by atoms with Crippen molar-refractivity contribution in [2.75, 3.05) is 0 Å². The maximum atomic E-state index is 10.5. The van der Waals surface area contributed by atoms with Gasteiger partial charge in [-0.25, -0.2) is 0 Å². The van der Waals surface area contributed by atoms with E-state index >= 15 is 0 Å². The Morgan fingerprint density at radius 2 is 1.93 bits per heavy atom. The molecule has 6 nitrogen and oxygen atoms in total. The van der Waals surface area contributed by atoms with Gasteiger partial charge in [-0.3, -0.25) is 20.2 Å². The Labute approximate surface area is 89.8 Å². The monoisotopic (exact) mass is 230 g/mol. The second kappa shape index (κ2) is 4.22. The van der Waals surface area contributed by atoms with Gasteiger partial charge in [0.2, 0.25) is 6.54 Å². The molecule has 80 valence electrons. The summed E-state index contributed by atoms with van der Waals surface area (Å²) in [6.07, 6.45) is 0. The maximum Gasteiger partial charge on any atom is 0.273 e. The third-order valence-corrected chi connectivity index (χ3v) is 2.46. The van der Waals surface area contributed by atoms with E-state index in [1.165, 1.54) is 19.1 Å². The van der Waals surface area contributed by atoms with Gasteiger partial charge in [0.25, 0.3) is 5.69 Å². The average Bonchev–Trinajstić information content (AvgIpc) is 2.12. The molecule has 0 atom stereocenters. The number of nitro benzene ring substituents is 1. The van der Waals surface area contributed by atoms with Gasteiger partial charge in [-0.15, -0.1) is 0 Å². The molecule has 7 heteroatoms. The number of hydrogen-bond acceptors (Lipinski definition) is 4. The predicted octanol–water partition coefficient (Wildman–Crippen LogP) is 2.33. The molecular formula is C8H7ClN2O4. The first kappa shape index (κ1) is 11.4. The highest BCUT2D eigenvalue weighted by Crippen LogP contribution is 2.29. The van der Waals surface area contributed by atoms with E-state index in [-0.39, 0.29) is 21.8 Å². The van der Waals surface area contributed by atoms with Gasteiger partial charge < -0.3 is 0 Å². The van der Waals surface area contributed by atoms with Crippen molar-refractivity contribution in [1.82, 2.24) is 0 Å². The molecule has 1 rings (SSSR count). The Kier molecular flexibility index (Phi) is 3.21. The SMILES string of the molecule is Cc1c([N+](=O)[O-])ccc(C[N+](=O)[O-])c1Cl. The van der Waals surface area contributed by atoms with E-state index in [9.17, 15) is 20.2 Å². The highest BCUT2D eigenvalue weighted by atomic mass is 35.5. The Hall–Kier alpha value is -1.69. The minimum absolute atomic E-state index is 0.0842. The lowest BCUT2D eigenvalue weighted by Crippen LogP contribution is -2.01. The zero-order chi connectivity index (χ0) is 11.6. The van der Waals surface area contributed by atoms with Crippen molar-refractivity contribution in [2.45, 2.75) is 13.5 Å². The van der Waals surface area contributed by atoms with Gasteiger partial charge in [0, 0.05) is 22.1 Å². The fourth-order valence-corrected chi connectivity index (χ4v) is 1.41. The van der Waals surface area contributed by atoms with Crippen molar-refractivity contribution in [3.8, 4) is 0 Å². The summed E-state index contributed by atoms with van der Waals surface area (Å²) in [5.41, 5.74) is 0.401. The smallest absolute Gasteiger partial charge is 0.264 e. The molecule has 0 aliphatic heterocycles. The minimum atomic E-state index is -0.572. The number of hydrogen-bond donors (Lipinski definition) is 0. The summed E-state index contributed by atoms with van der Waals surface area (Å²) in [7, 11) is 0. The fourth-order valence-electron chi connectivity index (χ4n) is 1.19. The van der Waals surface area contributed by atoms with Gasteiger partial charge in [0.15, 0.2) is 0 Å². The molecule has 15 heavy (non-hydrogen) atoms. The molecule has 0 unspecified atom stereocenters. The van der Waals surface area contributed by atoms with Crippen LogP contribution >= 0.6 is 11.6 Å². The third kappa shape index (κ3) is 2.41. The van der Waals surface area contributed by atoms with E-state index in [2.05, 4.69) is 0 Å². The Morgan fingerprint density at radius 3 is 2.40 bits per heavy atom. The largest absolute Gasteiger partial charge is 0.273 e. The van der Waals surface area contributed by atoms with Gasteiger partial charge in [-0.1, -0.05) is 11.6 Å². The zero-order valence-electron chi connectivity index (χ0n) is 7.77. The highest BCUT2D eigenvalue weighted by Gasteiger charge is 2.17. The van der Waals surface area contributed by atoms with E-state index in [0.717, 1.165) is 0 Å². The van der Waals surface area contributed by atoms with Gasteiger partial charge in [0.05, 0.1) is 9.95 Å². The number of nitro groups is 2. The molecule has 0 aliphatic carbocycles. The molecule has 0 fully saturated rings. The summed E-state index contributed by atoms with van der Waals surface area (Å²) in [6.45, 7) is 1.03. The normalized spacial score (nSPS) is 10.0. The molecule has 0 N–H and O–H groups in total. The van der Waals surface area contributed by atoms with Gasteiger partial charge >= 0.3 is 0 Å². The summed E-state index contributed by atoms with van der Waals surface area (Å²) >= 11 is 5.78. The molecule has 0 bridgehead atoms. The van der Waals surface area contributed by atoms with Crippen LogP contribution in [-0.2, 0) is 6.54 Å². The van der Waals surface area contributed by atoms with Crippen LogP contribution < -0.4 is 0 Å². The number of rotatable bonds is 3. The molecule has 0 radical (unpaired) electrons. The minimum Gasteiger partial charge on any atom is -0.264 e. The number of nitrogens with zero attached hydrogens (tertiary/aromatic N) is 2. The van der Waals surface area contributed by atoms with Crippen LogP contribution in [0.1, 0.15) is 11.1 Å². The lowest BCUT2D eigenvalue weighted by molar-refractivity contribution is -0.496. The van der Waals surface area contributed by atoms with E-state index in [1.54, 1.807) is 0 Å². The molecule has 0 aromatic heterocycles. The van der Waals surface area contributed by atoms with E-state index in [4.69, 9.17) is 11.6 Å². The maximum absolute atomic E-state index is 10.5. The first-order valence-corrected chi connectivity index (χ1v) is 4.35. The third-order valence-electron chi connectivity index (χ3n) is 1.93. The molecule has 0 saturated carbocycles. The van der Waals surface area contributed by atoms with Crippen LogP contribution in [0.2, 0.25) is 5.02 Å². The number of benzene rings is 1. The fraction of sp³-hybridized carbons (Fsp3) is 0.250. The molecule has 0 spiro atoms. The average molecular weight is 231 g/mol. The lowest BCUT2D eigenvalue weighted by Gasteiger charge is -2.03. The number of halogens is 1. The van der Waals surface area contributed by atoms with Crippen molar-refractivity contribution in [1.29, 1.82) is 0 Å². The summed E-state index contributed by atoms with van der Waals surface area (Å²) in [5, 5.41) is 20.9. The first-order chi connectivity index (χ1) is 6.93. The summed E-state index contributed by atoms with van der Waals surface area (Å²) < 4.78 is 0. The Bertz CT molecular complexity index is 433. The van der Waals surface area contributed by atoms with Crippen LogP contribution in [0.5, 0.6) is 0 Å². The molecular weight excluding hydrogens is 224 g/mol. The molecule has 0 amide bonds. The highest BCUT2D eigenvalue weighted by molar-refractivity contribution is 6.32. The van der Waals surface area contributed by atoms with E-state index < -0.39 is 16.4 Å². The second-order valence-corrected chi connectivity index (χ2v) is 3.31. The van der Waals surface area contributed by atoms with Crippen LogP contribution in [0.25, 0.3) is 0 Å². The van der Waals surface area contributed by atoms with Crippen LogP contribution in [-0.4, -0.2) is 9.85 Å². The molecule has 1 aromatic carbocycles. The van der Waals surface area contributed by atoms with Gasteiger partial charge in [0.1, 0.15) is 0 Å². The van der Waals surface area contributed by atoms with Crippen LogP contribution in [0, 0.1) is 27.2 Å². The second-order valence-electron chi connectivity index (χ2n) is 2.93. The molecule has 0 heterocycles. The molecule has 1 aromatic rings. The van der Waals surface area contributed by atoms with Crippen molar-refractivity contribution >= 4 is 17.3 Å². The van der Waals surface area contributed by atoms with Crippen molar-refractivity contribution in [3.63, 3.8) is 0 Å². The van der Waals surface area contributed by atoms with Crippen LogP contribution in [0.15, 0.2) is 12.1 Å². The summed E-state index contributed by atoms with van der Waals surface area (Å²) in [4.78, 5) is 19.7. The Morgan fingerprint density at radius 1 is 1.33 bits per heavy atom. The zero-order valence-corrected chi connectivity index (χ0v) is 8.52. The van der Waals surface area contributed by atoms with E-state index in [1.807, 2.05) is 0 Å². The summed E-state index contributed by atoms with van der Waals surface area (Å²) in [6, 6.07) is 2.52. The topological polar surface area (TPSA) is 86.3 Å². The molecule has 0 aliphatic rings. The quantitative estimate of drug-likeness (QED) is 0.589. The standard InChI is InChI=1S/C8H7ClN2O4/c1-5-7(11(14)15)3-2-6(8(5)9)4-10(12)13/h2-3H,4H2,1H3. The molecule has 0 saturated heterocycles. The van der Waals surface area contributed by atoms with Crippen LogP contribution in [0.4, 0.5) is 5.69 Å². The van der Waals surface area contributed by atoms with Crippen molar-refractivity contribution in [3.05, 3.63) is 48.5 Å². The lowest BCUT2D eigenvalue weighted by atomic mass is 10.1. The van der Waals surface area contributed by atoms with Gasteiger partial charge in [-0.2, -0.15) is 0 Å². The predicted molar refractivity (Wildman–Crippen MR) is 53.5 cm³/mol. The summed E-state index contributed by atoms with van der Waals surface area (Å²) in [5.74, 6) is 0. The Balaban J connectivity index is 3.21. The van der Waals surface area contributed by atoms with Gasteiger partial charge in [-0.05, 0) is 13.0 Å². The first-order valence-electron chi connectivity index (χ1n) is 3.97. The van der Waals surface area contributed by atoms with Crippen molar-refractivity contribution in [2.24, 2.45) is 0 Å².